The van der Waals surface area contributed by atoms with E-state index in [1.54, 1.807) is 49.1 Å². The van der Waals surface area contributed by atoms with Crippen LogP contribution in [0.25, 0.3) is 0 Å². The molecule has 1 saturated heterocycles. The van der Waals surface area contributed by atoms with Crippen LogP contribution in [0.15, 0.2) is 34.1 Å². The molecule has 0 radical (unpaired) electrons. The Hall–Kier alpha value is -2.59. The van der Waals surface area contributed by atoms with Crippen LogP contribution in [0.5, 0.6) is 5.06 Å². The van der Waals surface area contributed by atoms with Gasteiger partial charge in [0, 0.05) is 24.5 Å². The molecule has 0 bridgehead atoms. The zero-order valence-corrected chi connectivity index (χ0v) is 19.3. The van der Waals surface area contributed by atoms with Crippen molar-refractivity contribution in [2.45, 2.75) is 32.7 Å². The van der Waals surface area contributed by atoms with Crippen molar-refractivity contribution < 1.29 is 19.1 Å². The highest BCUT2D eigenvalue weighted by Crippen LogP contribution is 2.29. The molecule has 0 unspecified atom stereocenters. The Morgan fingerprint density at radius 3 is 2.67 bits per heavy atom. The summed E-state index contributed by atoms with van der Waals surface area (Å²) in [5, 5.41) is 8.62. The van der Waals surface area contributed by atoms with E-state index in [1.807, 2.05) is 6.92 Å². The maximum atomic E-state index is 12.7. The van der Waals surface area contributed by atoms with Gasteiger partial charge in [-0.25, -0.2) is 9.59 Å². The smallest absolute Gasteiger partial charge is 0.399 e. The summed E-state index contributed by atoms with van der Waals surface area (Å²) in [5.41, 5.74) is 1.03. The topological polar surface area (TPSA) is 99.8 Å². The number of anilines is 2. The SMILES string of the molecule is Cc1cc(NC(=O)C(C)(C)NC(=O)Oc2ccc(Br)s2)ccc1N1CCCNC1=O. The molecule has 0 saturated carbocycles. The summed E-state index contributed by atoms with van der Waals surface area (Å²) < 4.78 is 6.03. The molecule has 1 aromatic carbocycles. The van der Waals surface area contributed by atoms with Gasteiger partial charge in [0.05, 0.1) is 3.79 Å². The number of carbonyl (C=O) groups is 3. The summed E-state index contributed by atoms with van der Waals surface area (Å²) in [4.78, 5) is 38.6. The average Bonchev–Trinajstić information content (AvgIpc) is 3.06. The van der Waals surface area contributed by atoms with Crippen LogP contribution in [0, 0.1) is 6.92 Å². The molecule has 160 valence electrons. The van der Waals surface area contributed by atoms with Gasteiger partial charge in [0.1, 0.15) is 5.54 Å². The van der Waals surface area contributed by atoms with E-state index < -0.39 is 17.5 Å². The number of rotatable bonds is 5. The molecule has 8 nitrogen and oxygen atoms in total. The van der Waals surface area contributed by atoms with E-state index in [0.717, 1.165) is 21.5 Å². The molecule has 4 amide bonds. The first-order valence-corrected chi connectivity index (χ1v) is 11.0. The van der Waals surface area contributed by atoms with E-state index in [2.05, 4.69) is 31.9 Å². The number of halogens is 1. The fourth-order valence-electron chi connectivity index (χ4n) is 2.96. The van der Waals surface area contributed by atoms with Gasteiger partial charge in [0.25, 0.3) is 0 Å². The van der Waals surface area contributed by atoms with E-state index >= 15 is 0 Å². The Bertz CT molecular complexity index is 975. The Balaban J connectivity index is 1.63. The van der Waals surface area contributed by atoms with Crippen molar-refractivity contribution in [3.63, 3.8) is 0 Å². The minimum atomic E-state index is -1.20. The van der Waals surface area contributed by atoms with Gasteiger partial charge < -0.3 is 20.7 Å². The first-order valence-electron chi connectivity index (χ1n) is 9.38. The van der Waals surface area contributed by atoms with Gasteiger partial charge in [0.2, 0.25) is 5.91 Å². The van der Waals surface area contributed by atoms with Crippen LogP contribution in [0.1, 0.15) is 25.8 Å². The molecule has 30 heavy (non-hydrogen) atoms. The number of hydrogen-bond donors (Lipinski definition) is 3. The first-order chi connectivity index (χ1) is 14.2. The van der Waals surface area contributed by atoms with Crippen LogP contribution in [0.3, 0.4) is 0 Å². The molecule has 1 aliphatic rings. The van der Waals surface area contributed by atoms with Gasteiger partial charge >= 0.3 is 12.1 Å². The lowest BCUT2D eigenvalue weighted by Gasteiger charge is -2.29. The molecule has 0 spiro atoms. The van der Waals surface area contributed by atoms with Crippen molar-refractivity contribution in [1.82, 2.24) is 10.6 Å². The summed E-state index contributed by atoms with van der Waals surface area (Å²) in [5.74, 6) is -0.394. The largest absolute Gasteiger partial charge is 0.414 e. The third-order valence-corrected chi connectivity index (χ3v) is 6.05. The first kappa shape index (κ1) is 22.1. The maximum Gasteiger partial charge on any atom is 0.414 e. The second-order valence-electron chi connectivity index (χ2n) is 7.39. The number of amides is 4. The quantitative estimate of drug-likeness (QED) is 0.578. The van der Waals surface area contributed by atoms with Crippen molar-refractivity contribution >= 4 is 56.7 Å². The third kappa shape index (κ3) is 5.31. The molecule has 1 aromatic heterocycles. The summed E-state index contributed by atoms with van der Waals surface area (Å²) in [6.07, 6.45) is 0.161. The van der Waals surface area contributed by atoms with Crippen molar-refractivity contribution in [2.24, 2.45) is 0 Å². The standard InChI is InChI=1S/C20H23BrN4O4S/c1-12-11-13(5-6-14(12)25-10-4-9-22-18(25)27)23-17(26)20(2,3)24-19(28)29-16-8-7-15(21)30-16/h5-8,11H,4,9-10H2,1-3H3,(H,22,27)(H,23,26)(H,24,28). The lowest BCUT2D eigenvalue weighted by molar-refractivity contribution is -0.121. The highest BCUT2D eigenvalue weighted by Gasteiger charge is 2.31. The van der Waals surface area contributed by atoms with Crippen molar-refractivity contribution in [1.29, 1.82) is 0 Å². The number of benzene rings is 1. The Kier molecular flexibility index (Phi) is 6.67. The fraction of sp³-hybridized carbons (Fsp3) is 0.350. The van der Waals surface area contributed by atoms with Gasteiger partial charge in [-0.1, -0.05) is 11.3 Å². The summed E-state index contributed by atoms with van der Waals surface area (Å²) in [6, 6.07) is 8.65. The number of nitrogens with one attached hydrogen (secondary N) is 3. The molecule has 2 aromatic rings. The van der Waals surface area contributed by atoms with Crippen molar-refractivity contribution in [3.05, 3.63) is 39.7 Å². The molecule has 0 atom stereocenters. The molecular formula is C20H23BrN4O4S. The highest BCUT2D eigenvalue weighted by atomic mass is 79.9. The van der Waals surface area contributed by atoms with Crippen LogP contribution >= 0.6 is 27.3 Å². The molecule has 2 heterocycles. The van der Waals surface area contributed by atoms with Crippen LogP contribution in [0.4, 0.5) is 21.0 Å². The third-order valence-electron chi connectivity index (χ3n) is 4.55. The van der Waals surface area contributed by atoms with Crippen LogP contribution < -0.4 is 25.6 Å². The number of hydrogen-bond acceptors (Lipinski definition) is 5. The molecule has 0 aliphatic carbocycles. The minimum Gasteiger partial charge on any atom is -0.399 e. The lowest BCUT2D eigenvalue weighted by Crippen LogP contribution is -2.53. The number of thiophene rings is 1. The Morgan fingerprint density at radius 1 is 1.27 bits per heavy atom. The van der Waals surface area contributed by atoms with Crippen molar-refractivity contribution in [3.8, 4) is 5.06 Å². The lowest BCUT2D eigenvalue weighted by atomic mass is 10.0. The van der Waals surface area contributed by atoms with E-state index in [1.165, 1.54) is 11.3 Å². The van der Waals surface area contributed by atoms with Crippen LogP contribution in [0.2, 0.25) is 0 Å². The molecular weight excluding hydrogens is 472 g/mol. The fourth-order valence-corrected chi connectivity index (χ4v) is 4.16. The monoisotopic (exact) mass is 494 g/mol. The Labute approximate surface area is 187 Å². The predicted molar refractivity (Wildman–Crippen MR) is 120 cm³/mol. The summed E-state index contributed by atoms with van der Waals surface area (Å²) in [7, 11) is 0. The predicted octanol–water partition coefficient (Wildman–Crippen LogP) is 4.24. The maximum absolute atomic E-state index is 12.7. The molecule has 1 fully saturated rings. The van der Waals surface area contributed by atoms with Gasteiger partial charge in [-0.05, 0) is 79.0 Å². The van der Waals surface area contributed by atoms with Crippen molar-refractivity contribution in [2.75, 3.05) is 23.3 Å². The second kappa shape index (κ2) is 9.05. The molecule has 3 N–H and O–H groups in total. The van der Waals surface area contributed by atoms with E-state index in [0.29, 0.717) is 23.8 Å². The number of ether oxygens (including phenoxy) is 1. The van der Waals surface area contributed by atoms with Crippen LogP contribution in [-0.2, 0) is 4.79 Å². The number of urea groups is 1. The van der Waals surface area contributed by atoms with Gasteiger partial charge in [0.15, 0.2) is 5.06 Å². The zero-order chi connectivity index (χ0) is 21.9. The average molecular weight is 495 g/mol. The van der Waals surface area contributed by atoms with E-state index in [-0.39, 0.29) is 6.03 Å². The summed E-state index contributed by atoms with van der Waals surface area (Å²) >= 11 is 4.57. The second-order valence-corrected chi connectivity index (χ2v) is 9.82. The van der Waals surface area contributed by atoms with E-state index in [9.17, 15) is 14.4 Å². The molecule has 1 aliphatic heterocycles. The summed E-state index contributed by atoms with van der Waals surface area (Å²) in [6.45, 7) is 6.39. The van der Waals surface area contributed by atoms with Gasteiger partial charge in [-0.2, -0.15) is 0 Å². The minimum absolute atomic E-state index is 0.122. The number of carbonyl (C=O) groups excluding carboxylic acids is 3. The highest BCUT2D eigenvalue weighted by molar-refractivity contribution is 9.11. The normalized spacial score (nSPS) is 14.1. The van der Waals surface area contributed by atoms with Gasteiger partial charge in [-0.15, -0.1) is 0 Å². The van der Waals surface area contributed by atoms with E-state index in [4.69, 9.17) is 4.74 Å². The number of aryl methyl sites for hydroxylation is 1. The Morgan fingerprint density at radius 2 is 2.03 bits per heavy atom. The molecule has 10 heteroatoms. The number of nitrogens with zero attached hydrogens (tertiary/aromatic N) is 1. The van der Waals surface area contributed by atoms with Gasteiger partial charge in [-0.3, -0.25) is 9.69 Å². The molecule has 3 rings (SSSR count). The zero-order valence-electron chi connectivity index (χ0n) is 16.9. The van der Waals surface area contributed by atoms with Crippen LogP contribution in [-0.4, -0.2) is 36.7 Å².